The Bertz CT molecular complexity index is 678. The minimum atomic E-state index is -1.20. The van der Waals surface area contributed by atoms with Crippen LogP contribution in [0, 0.1) is 0 Å². The van der Waals surface area contributed by atoms with Gasteiger partial charge in [0.05, 0.1) is 5.69 Å². The second kappa shape index (κ2) is 5.31. The molecule has 2 N–H and O–H groups in total. The Morgan fingerprint density at radius 3 is 2.81 bits per heavy atom. The lowest BCUT2D eigenvalue weighted by atomic mass is 10.2. The van der Waals surface area contributed by atoms with Gasteiger partial charge in [0.15, 0.2) is 5.69 Å². The Balaban J connectivity index is 1.92. The first-order valence-electron chi connectivity index (χ1n) is 6.52. The number of aromatic nitrogens is 4. The first-order chi connectivity index (χ1) is 10.1. The Kier molecular flexibility index (Phi) is 3.35. The average Bonchev–Trinajstić information content (AvgIpc) is 3.17. The van der Waals surface area contributed by atoms with Gasteiger partial charge in [0.25, 0.3) is 0 Å². The third-order valence-electron chi connectivity index (χ3n) is 3.08. The highest BCUT2D eigenvalue weighted by atomic mass is 16.4. The number of pyridine rings is 1. The van der Waals surface area contributed by atoms with Crippen molar-refractivity contribution in [3.05, 3.63) is 30.1 Å². The number of amides is 1. The molecule has 0 aliphatic heterocycles. The van der Waals surface area contributed by atoms with Gasteiger partial charge in [-0.25, -0.2) is 9.48 Å². The Morgan fingerprint density at radius 2 is 2.19 bits per heavy atom. The summed E-state index contributed by atoms with van der Waals surface area (Å²) in [7, 11) is 0. The molecular weight excluding hydrogens is 274 g/mol. The van der Waals surface area contributed by atoms with Crippen molar-refractivity contribution in [2.75, 3.05) is 0 Å². The molecule has 0 unspecified atom stereocenters. The fraction of sp³-hybridized carbons (Fsp3) is 0.308. The molecule has 1 aliphatic carbocycles. The molecule has 0 bridgehead atoms. The summed E-state index contributed by atoms with van der Waals surface area (Å²) in [6, 6.07) is 5.34. The van der Waals surface area contributed by atoms with E-state index in [0.29, 0.717) is 5.69 Å². The molecule has 1 amide bonds. The Hall–Kier alpha value is -2.77. The molecule has 8 nitrogen and oxygen atoms in total. The number of rotatable bonds is 5. The van der Waals surface area contributed by atoms with Crippen molar-refractivity contribution >= 4 is 11.9 Å². The summed E-state index contributed by atoms with van der Waals surface area (Å²) in [6.07, 6.45) is 3.51. The van der Waals surface area contributed by atoms with E-state index in [1.165, 1.54) is 4.68 Å². The number of carboxylic acid groups (broad SMARTS) is 1. The number of carbonyl (C=O) groups excluding carboxylic acids is 1. The van der Waals surface area contributed by atoms with Gasteiger partial charge in [0.2, 0.25) is 5.91 Å². The van der Waals surface area contributed by atoms with Crippen LogP contribution in [0.5, 0.6) is 0 Å². The summed E-state index contributed by atoms with van der Waals surface area (Å²) in [5, 5.41) is 19.4. The second-order valence-electron chi connectivity index (χ2n) is 4.81. The zero-order chi connectivity index (χ0) is 14.8. The summed E-state index contributed by atoms with van der Waals surface area (Å²) >= 11 is 0. The lowest BCUT2D eigenvalue weighted by Gasteiger charge is -2.07. The SMILES string of the molecule is O=C(Cn1nnc(C(=O)O)c1-c1ccccn1)NC1CC1. The van der Waals surface area contributed by atoms with Crippen molar-refractivity contribution in [1.29, 1.82) is 0 Å². The molecule has 108 valence electrons. The van der Waals surface area contributed by atoms with Crippen LogP contribution in [0.15, 0.2) is 24.4 Å². The third kappa shape index (κ3) is 2.88. The molecule has 0 aromatic carbocycles. The van der Waals surface area contributed by atoms with Crippen molar-refractivity contribution in [1.82, 2.24) is 25.3 Å². The number of nitrogens with one attached hydrogen (secondary N) is 1. The van der Waals surface area contributed by atoms with E-state index < -0.39 is 5.97 Å². The quantitative estimate of drug-likeness (QED) is 0.819. The highest BCUT2D eigenvalue weighted by Gasteiger charge is 2.26. The van der Waals surface area contributed by atoms with E-state index in [2.05, 4.69) is 20.6 Å². The highest BCUT2D eigenvalue weighted by molar-refractivity contribution is 5.92. The molecule has 2 heterocycles. The van der Waals surface area contributed by atoms with E-state index in [0.717, 1.165) is 12.8 Å². The van der Waals surface area contributed by atoms with Gasteiger partial charge in [-0.15, -0.1) is 5.10 Å². The van der Waals surface area contributed by atoms with Crippen molar-refractivity contribution in [2.24, 2.45) is 0 Å². The minimum Gasteiger partial charge on any atom is -0.476 e. The van der Waals surface area contributed by atoms with Gasteiger partial charge in [0.1, 0.15) is 12.2 Å². The molecular formula is C13H13N5O3. The Morgan fingerprint density at radius 1 is 1.38 bits per heavy atom. The van der Waals surface area contributed by atoms with Crippen LogP contribution in [0.25, 0.3) is 11.4 Å². The number of hydrogen-bond acceptors (Lipinski definition) is 5. The van der Waals surface area contributed by atoms with Gasteiger partial charge in [-0.05, 0) is 25.0 Å². The number of hydrogen-bond donors (Lipinski definition) is 2. The minimum absolute atomic E-state index is 0.0807. The molecule has 0 atom stereocenters. The van der Waals surface area contributed by atoms with Crippen molar-refractivity contribution in [3.63, 3.8) is 0 Å². The van der Waals surface area contributed by atoms with Crippen LogP contribution in [0.4, 0.5) is 0 Å². The number of nitrogens with zero attached hydrogens (tertiary/aromatic N) is 4. The van der Waals surface area contributed by atoms with E-state index in [-0.39, 0.29) is 29.9 Å². The van der Waals surface area contributed by atoms with Crippen molar-refractivity contribution in [3.8, 4) is 11.4 Å². The van der Waals surface area contributed by atoms with Gasteiger partial charge in [0, 0.05) is 12.2 Å². The lowest BCUT2D eigenvalue weighted by Crippen LogP contribution is -2.30. The summed E-state index contributed by atoms with van der Waals surface area (Å²) < 4.78 is 1.27. The monoisotopic (exact) mass is 287 g/mol. The largest absolute Gasteiger partial charge is 0.476 e. The normalized spacial score (nSPS) is 13.9. The molecule has 0 saturated heterocycles. The average molecular weight is 287 g/mol. The first-order valence-corrected chi connectivity index (χ1v) is 6.52. The number of aromatic carboxylic acids is 1. The predicted octanol–water partition coefficient (Wildman–Crippen LogP) is 0.317. The van der Waals surface area contributed by atoms with E-state index in [1.807, 2.05) is 0 Å². The van der Waals surface area contributed by atoms with Crippen LogP contribution in [0.3, 0.4) is 0 Å². The van der Waals surface area contributed by atoms with Crippen LogP contribution in [-0.4, -0.2) is 43.0 Å². The van der Waals surface area contributed by atoms with Gasteiger partial charge >= 0.3 is 5.97 Å². The number of carboxylic acids is 1. The lowest BCUT2D eigenvalue weighted by molar-refractivity contribution is -0.122. The predicted molar refractivity (Wildman–Crippen MR) is 71.4 cm³/mol. The standard InChI is InChI=1S/C13H13N5O3/c19-10(15-8-4-5-8)7-18-12(9-3-1-2-6-14-9)11(13(20)21)16-17-18/h1-3,6,8H,4-5,7H2,(H,15,19)(H,20,21). The van der Waals surface area contributed by atoms with Gasteiger partial charge in [-0.3, -0.25) is 9.78 Å². The smallest absolute Gasteiger partial charge is 0.358 e. The summed E-state index contributed by atoms with van der Waals surface area (Å²) in [5.41, 5.74) is 0.432. The van der Waals surface area contributed by atoms with Crippen LogP contribution in [0.1, 0.15) is 23.3 Å². The molecule has 2 aromatic rings. The van der Waals surface area contributed by atoms with Crippen LogP contribution in [-0.2, 0) is 11.3 Å². The van der Waals surface area contributed by atoms with E-state index in [4.69, 9.17) is 0 Å². The van der Waals surface area contributed by atoms with Crippen LogP contribution in [0.2, 0.25) is 0 Å². The summed E-state index contributed by atoms with van der Waals surface area (Å²) in [6.45, 7) is -0.0807. The first kappa shape index (κ1) is 13.2. The zero-order valence-corrected chi connectivity index (χ0v) is 11.1. The van der Waals surface area contributed by atoms with E-state index >= 15 is 0 Å². The van der Waals surface area contributed by atoms with Crippen molar-refractivity contribution in [2.45, 2.75) is 25.4 Å². The fourth-order valence-corrected chi connectivity index (χ4v) is 1.96. The Labute approximate surface area is 119 Å². The van der Waals surface area contributed by atoms with Gasteiger partial charge in [-0.1, -0.05) is 11.3 Å². The molecule has 1 saturated carbocycles. The number of carbonyl (C=O) groups is 2. The second-order valence-corrected chi connectivity index (χ2v) is 4.81. The molecule has 0 spiro atoms. The zero-order valence-electron chi connectivity index (χ0n) is 11.1. The summed E-state index contributed by atoms with van der Waals surface area (Å²) in [4.78, 5) is 27.2. The maximum atomic E-state index is 11.9. The highest BCUT2D eigenvalue weighted by Crippen LogP contribution is 2.21. The molecule has 8 heteroatoms. The maximum absolute atomic E-state index is 11.9. The molecule has 21 heavy (non-hydrogen) atoms. The maximum Gasteiger partial charge on any atom is 0.358 e. The molecule has 1 aliphatic rings. The molecule has 1 fully saturated rings. The third-order valence-corrected chi connectivity index (χ3v) is 3.08. The van der Waals surface area contributed by atoms with Gasteiger partial charge < -0.3 is 10.4 Å². The topological polar surface area (TPSA) is 110 Å². The van der Waals surface area contributed by atoms with Crippen LogP contribution < -0.4 is 5.32 Å². The van der Waals surface area contributed by atoms with Gasteiger partial charge in [-0.2, -0.15) is 0 Å². The van der Waals surface area contributed by atoms with Crippen molar-refractivity contribution < 1.29 is 14.7 Å². The summed E-state index contributed by atoms with van der Waals surface area (Å²) in [5.74, 6) is -1.42. The van der Waals surface area contributed by atoms with E-state index in [9.17, 15) is 14.7 Å². The fourth-order valence-electron chi connectivity index (χ4n) is 1.96. The molecule has 2 aromatic heterocycles. The van der Waals surface area contributed by atoms with Crippen LogP contribution >= 0.6 is 0 Å². The van der Waals surface area contributed by atoms with E-state index in [1.54, 1.807) is 24.4 Å². The molecule has 3 rings (SSSR count). The molecule has 0 radical (unpaired) electrons.